The molecule has 0 aliphatic carbocycles. The van der Waals surface area contributed by atoms with E-state index in [9.17, 15) is 34.8 Å². The molecule has 13 heteroatoms. The summed E-state index contributed by atoms with van der Waals surface area (Å²) in [5.41, 5.74) is 10.9. The molecular weight excluding hydrogens is 394 g/mol. The van der Waals surface area contributed by atoms with Gasteiger partial charge in [-0.25, -0.2) is 4.79 Å². The summed E-state index contributed by atoms with van der Waals surface area (Å²) in [4.78, 5) is 34.4. The number of aliphatic hydroxyl groups is 4. The molecule has 1 heterocycles. The van der Waals surface area contributed by atoms with E-state index < -0.39 is 73.2 Å². The summed E-state index contributed by atoms with van der Waals surface area (Å²) in [5, 5.41) is 52.1. The van der Waals surface area contributed by atoms with Gasteiger partial charge in [-0.2, -0.15) is 0 Å². The Kier molecular flexibility index (Phi) is 9.35. The summed E-state index contributed by atoms with van der Waals surface area (Å²) < 4.78 is 9.82. The van der Waals surface area contributed by atoms with Crippen LogP contribution in [0, 0.1) is 0 Å². The van der Waals surface area contributed by atoms with Crippen LogP contribution in [0.2, 0.25) is 0 Å². The van der Waals surface area contributed by atoms with Crippen molar-refractivity contribution in [3.05, 3.63) is 0 Å². The van der Waals surface area contributed by atoms with Crippen molar-refractivity contribution in [2.24, 2.45) is 11.5 Å². The van der Waals surface area contributed by atoms with E-state index in [-0.39, 0.29) is 6.42 Å². The Hall–Kier alpha value is -1.87. The molecule has 0 aromatic rings. The quantitative estimate of drug-likeness (QED) is 0.156. The average molecular weight is 423 g/mol. The molecule has 10 N–H and O–H groups in total. The zero-order valence-electron chi connectivity index (χ0n) is 15.9. The van der Waals surface area contributed by atoms with Crippen LogP contribution in [-0.2, 0) is 23.9 Å². The molecule has 0 radical (unpaired) electrons. The van der Waals surface area contributed by atoms with Crippen LogP contribution in [0.3, 0.4) is 0 Å². The molecule has 1 saturated heterocycles. The maximum Gasteiger partial charge on any atom is 0.364 e. The highest BCUT2D eigenvalue weighted by Gasteiger charge is 2.54. The lowest BCUT2D eigenvalue weighted by Crippen LogP contribution is -2.67. The predicted molar refractivity (Wildman–Crippen MR) is 94.9 cm³/mol. The molecule has 1 aliphatic heterocycles. The lowest BCUT2D eigenvalue weighted by Gasteiger charge is -2.44. The number of carboxylic acid groups (broad SMARTS) is 1. The number of esters is 1. The van der Waals surface area contributed by atoms with Crippen molar-refractivity contribution in [2.75, 3.05) is 13.2 Å². The van der Waals surface area contributed by atoms with Crippen molar-refractivity contribution in [3.8, 4) is 0 Å². The van der Waals surface area contributed by atoms with Crippen LogP contribution in [0.4, 0.5) is 0 Å². The van der Waals surface area contributed by atoms with Gasteiger partial charge in [0.25, 0.3) is 5.79 Å². The molecule has 0 spiro atoms. The van der Waals surface area contributed by atoms with Gasteiger partial charge in [0.2, 0.25) is 5.91 Å². The number of hydrogen-bond donors (Lipinski definition) is 8. The number of nitrogens with two attached hydrogens (primary N) is 2. The van der Waals surface area contributed by atoms with Crippen LogP contribution in [0.1, 0.15) is 26.2 Å². The summed E-state index contributed by atoms with van der Waals surface area (Å²) in [5.74, 6) is -6.18. The molecule has 168 valence electrons. The number of aliphatic carboxylic acids is 1. The Morgan fingerprint density at radius 2 is 1.97 bits per heavy atom. The van der Waals surface area contributed by atoms with Crippen LogP contribution < -0.4 is 16.8 Å². The van der Waals surface area contributed by atoms with E-state index in [1.165, 1.54) is 0 Å². The summed E-state index contributed by atoms with van der Waals surface area (Å²) in [7, 11) is 0. The number of amides is 1. The number of carbonyl (C=O) groups is 3. The van der Waals surface area contributed by atoms with Gasteiger partial charge in [0.05, 0.1) is 12.1 Å². The van der Waals surface area contributed by atoms with Crippen LogP contribution in [0.5, 0.6) is 0 Å². The van der Waals surface area contributed by atoms with Crippen LogP contribution in [0.25, 0.3) is 0 Å². The smallest absolute Gasteiger partial charge is 0.364 e. The third-order valence-corrected chi connectivity index (χ3v) is 4.44. The first kappa shape index (κ1) is 25.2. The molecule has 0 bridgehead atoms. The van der Waals surface area contributed by atoms with E-state index in [2.05, 4.69) is 5.32 Å². The first-order valence-electron chi connectivity index (χ1n) is 9.00. The molecule has 13 nitrogen and oxygen atoms in total. The second-order valence-corrected chi connectivity index (χ2v) is 6.90. The minimum absolute atomic E-state index is 0.252. The highest BCUT2D eigenvalue weighted by atomic mass is 16.7. The van der Waals surface area contributed by atoms with Crippen molar-refractivity contribution in [2.45, 2.75) is 68.5 Å². The largest absolute Gasteiger partial charge is 0.477 e. The van der Waals surface area contributed by atoms with Gasteiger partial charge < -0.3 is 51.8 Å². The fourth-order valence-electron chi connectivity index (χ4n) is 2.86. The normalized spacial score (nSPS) is 30.1. The number of nitrogens with one attached hydrogen (secondary N) is 1. The Morgan fingerprint density at radius 3 is 2.48 bits per heavy atom. The SMILES string of the molecule is CC(=O)N[C@H]1[C@H]([C@H](O)[C@H](O)COC(=O)[C@H](N)CCCN)O[C@](O)(C(=O)O)C[C@@H]1O. The van der Waals surface area contributed by atoms with Crippen LogP contribution >= 0.6 is 0 Å². The summed E-state index contributed by atoms with van der Waals surface area (Å²) >= 11 is 0. The van der Waals surface area contributed by atoms with Gasteiger partial charge in [-0.3, -0.25) is 9.59 Å². The first-order chi connectivity index (χ1) is 13.4. The summed E-state index contributed by atoms with van der Waals surface area (Å²) in [6, 6.07) is -2.33. The summed E-state index contributed by atoms with van der Waals surface area (Å²) in [6.45, 7) is 0.695. The highest BCUT2D eigenvalue weighted by Crippen LogP contribution is 2.30. The molecule has 0 saturated carbocycles. The fourth-order valence-corrected chi connectivity index (χ4v) is 2.86. The molecule has 0 unspecified atom stereocenters. The van der Waals surface area contributed by atoms with Gasteiger partial charge in [-0.1, -0.05) is 0 Å². The maximum atomic E-state index is 11.8. The van der Waals surface area contributed by atoms with Crippen molar-refractivity contribution in [3.63, 3.8) is 0 Å². The Bertz CT molecular complexity index is 591. The third-order valence-electron chi connectivity index (χ3n) is 4.44. The van der Waals surface area contributed by atoms with Gasteiger partial charge in [0, 0.05) is 13.3 Å². The number of aliphatic hydroxyl groups excluding tert-OH is 3. The van der Waals surface area contributed by atoms with E-state index in [4.69, 9.17) is 26.0 Å². The molecule has 0 aromatic heterocycles. The van der Waals surface area contributed by atoms with Gasteiger partial charge in [-0.05, 0) is 19.4 Å². The lowest BCUT2D eigenvalue weighted by molar-refractivity contribution is -0.295. The molecule has 7 atom stereocenters. The molecule has 1 amide bonds. The number of carboxylic acids is 1. The van der Waals surface area contributed by atoms with E-state index in [0.717, 1.165) is 6.92 Å². The van der Waals surface area contributed by atoms with Crippen molar-refractivity contribution in [1.29, 1.82) is 0 Å². The molecular formula is C16H29N3O10. The minimum atomic E-state index is -2.86. The number of ether oxygens (including phenoxy) is 2. The topological polar surface area (TPSA) is 235 Å². The van der Waals surface area contributed by atoms with Crippen LogP contribution in [0.15, 0.2) is 0 Å². The average Bonchev–Trinajstić information content (AvgIpc) is 2.64. The maximum absolute atomic E-state index is 11.8. The highest BCUT2D eigenvalue weighted by molar-refractivity contribution is 5.76. The Balaban J connectivity index is 2.86. The number of rotatable bonds is 10. The standard InChI is InChI=1S/C16H29N3O10/c1-7(20)19-11-9(21)5-16(27,15(25)26)29-13(11)12(23)10(22)6-28-14(24)8(18)3-2-4-17/h8-13,21-23,27H,2-6,17-18H2,1H3,(H,19,20)(H,25,26)/t8-,9+,10-,11-,12-,13-,16+/m1/s1. The van der Waals surface area contributed by atoms with Gasteiger partial charge in [-0.15, -0.1) is 0 Å². The Morgan fingerprint density at radius 1 is 1.34 bits per heavy atom. The molecule has 1 rings (SSSR count). The molecule has 1 fully saturated rings. The predicted octanol–water partition coefficient (Wildman–Crippen LogP) is -4.25. The molecule has 1 aliphatic rings. The zero-order valence-corrected chi connectivity index (χ0v) is 15.9. The minimum Gasteiger partial charge on any atom is -0.477 e. The van der Waals surface area contributed by atoms with Gasteiger partial charge in [0.1, 0.15) is 31.0 Å². The van der Waals surface area contributed by atoms with Crippen LogP contribution in [-0.4, -0.2) is 98.8 Å². The van der Waals surface area contributed by atoms with Crippen molar-refractivity contribution >= 4 is 17.8 Å². The fraction of sp³-hybridized carbons (Fsp3) is 0.812. The van der Waals surface area contributed by atoms with Crippen molar-refractivity contribution < 1.29 is 49.4 Å². The molecule has 29 heavy (non-hydrogen) atoms. The monoisotopic (exact) mass is 423 g/mol. The van der Waals surface area contributed by atoms with Crippen molar-refractivity contribution in [1.82, 2.24) is 5.32 Å². The second kappa shape index (κ2) is 10.8. The van der Waals surface area contributed by atoms with E-state index >= 15 is 0 Å². The Labute approximate surface area is 166 Å². The summed E-state index contributed by atoms with van der Waals surface area (Å²) in [6.07, 6.45) is -7.16. The van der Waals surface area contributed by atoms with E-state index in [0.29, 0.717) is 13.0 Å². The molecule has 0 aromatic carbocycles. The van der Waals surface area contributed by atoms with Gasteiger partial charge >= 0.3 is 11.9 Å². The van der Waals surface area contributed by atoms with E-state index in [1.807, 2.05) is 0 Å². The van der Waals surface area contributed by atoms with E-state index in [1.54, 1.807) is 0 Å². The number of carbonyl (C=O) groups excluding carboxylic acids is 2. The number of hydrogen-bond acceptors (Lipinski definition) is 11. The lowest BCUT2D eigenvalue weighted by atomic mass is 9.88. The zero-order chi connectivity index (χ0) is 22.4. The van der Waals surface area contributed by atoms with Gasteiger partial charge in [0.15, 0.2) is 0 Å². The third kappa shape index (κ3) is 6.85. The first-order valence-corrected chi connectivity index (χ1v) is 9.00. The second-order valence-electron chi connectivity index (χ2n) is 6.90.